The second-order valence-electron chi connectivity index (χ2n) is 8.69. The molecule has 1 aliphatic carbocycles. The number of aliphatic hydroxyl groups excluding tert-OH is 1. The van der Waals surface area contributed by atoms with Crippen LogP contribution in [-0.4, -0.2) is 30.6 Å². The van der Waals surface area contributed by atoms with Gasteiger partial charge >= 0.3 is 0 Å². The maximum absolute atomic E-state index is 16.0. The molecule has 2 aromatic carbocycles. The fourth-order valence-electron chi connectivity index (χ4n) is 4.60. The monoisotopic (exact) mass is 455 g/mol. The van der Waals surface area contributed by atoms with E-state index in [0.717, 1.165) is 11.4 Å². The van der Waals surface area contributed by atoms with Gasteiger partial charge < -0.3 is 15.6 Å². The topological polar surface area (TPSA) is 98.6 Å². The second kappa shape index (κ2) is 7.78. The van der Waals surface area contributed by atoms with Gasteiger partial charge in [-0.25, -0.2) is 19.3 Å². The lowest BCUT2D eigenvalue weighted by Gasteiger charge is -2.30. The number of nitrogen functional groups attached to an aromatic ring is 1. The van der Waals surface area contributed by atoms with Crippen molar-refractivity contribution in [2.45, 2.75) is 31.8 Å². The molecule has 3 heterocycles. The number of nitrogens with zero attached hydrogens (tertiary/aromatic N) is 4. The van der Waals surface area contributed by atoms with E-state index in [4.69, 9.17) is 15.5 Å². The Bertz CT molecular complexity index is 1540. The molecular weight excluding hydrogens is 433 g/mol. The second-order valence-corrected chi connectivity index (χ2v) is 8.69. The van der Waals surface area contributed by atoms with Crippen LogP contribution in [0.15, 0.2) is 60.9 Å². The van der Waals surface area contributed by atoms with Crippen LogP contribution >= 0.6 is 0 Å². The summed E-state index contributed by atoms with van der Waals surface area (Å²) in [6.07, 6.45) is 4.26. The average molecular weight is 455 g/mol. The number of nitrogens with two attached hydrogens (primary N) is 1. The van der Waals surface area contributed by atoms with Gasteiger partial charge in [0.1, 0.15) is 34.1 Å². The molecule has 0 atom stereocenters. The summed E-state index contributed by atoms with van der Waals surface area (Å²) in [6, 6.07) is 14.6. The number of aliphatic hydroxyl groups is 1. The van der Waals surface area contributed by atoms with Crippen LogP contribution in [0.5, 0.6) is 11.6 Å². The maximum atomic E-state index is 16.0. The summed E-state index contributed by atoms with van der Waals surface area (Å²) >= 11 is 0. The van der Waals surface area contributed by atoms with Crippen LogP contribution < -0.4 is 10.5 Å². The fraction of sp³-hybridized carbons (Fsp3) is 0.192. The molecule has 0 bridgehead atoms. The molecule has 170 valence electrons. The predicted octanol–water partition coefficient (Wildman–Crippen LogP) is 5.00. The number of rotatable bonds is 4. The van der Waals surface area contributed by atoms with Crippen molar-refractivity contribution in [1.29, 1.82) is 0 Å². The first-order valence-corrected chi connectivity index (χ1v) is 11.1. The standard InChI is InChI=1S/C26H22FN5O2/c1-14-11-20(34-17-5-3-2-4-6-17)30-22-18(14)7-8-19(21(22)27)23-24-25(28)29-9-10-32(24)26(31-23)15-12-16(33)13-15/h2-11,15-16,33H,12-13H2,1H3,(H2,28,29). The van der Waals surface area contributed by atoms with E-state index < -0.39 is 5.82 Å². The molecule has 3 aromatic heterocycles. The molecule has 5 aromatic rings. The van der Waals surface area contributed by atoms with E-state index in [1.54, 1.807) is 24.5 Å². The van der Waals surface area contributed by atoms with Gasteiger partial charge in [0.05, 0.1) is 6.10 Å². The zero-order valence-electron chi connectivity index (χ0n) is 18.4. The first-order chi connectivity index (χ1) is 16.5. The lowest BCUT2D eigenvalue weighted by molar-refractivity contribution is 0.0715. The van der Waals surface area contributed by atoms with Gasteiger partial charge in [-0.3, -0.25) is 4.40 Å². The molecule has 3 N–H and O–H groups in total. The van der Waals surface area contributed by atoms with E-state index in [1.807, 2.05) is 47.7 Å². The van der Waals surface area contributed by atoms with E-state index in [2.05, 4.69) is 9.97 Å². The number of imidazole rings is 1. The minimum atomic E-state index is -0.498. The number of para-hydroxylation sites is 1. The van der Waals surface area contributed by atoms with Crippen molar-refractivity contribution in [3.05, 3.63) is 78.1 Å². The summed E-state index contributed by atoms with van der Waals surface area (Å²) in [7, 11) is 0. The van der Waals surface area contributed by atoms with E-state index in [0.29, 0.717) is 46.6 Å². The van der Waals surface area contributed by atoms with Gasteiger partial charge in [-0.1, -0.05) is 24.3 Å². The number of benzene rings is 2. The number of fused-ring (bicyclic) bond motifs is 2. The highest BCUT2D eigenvalue weighted by molar-refractivity contribution is 5.92. The molecule has 1 fully saturated rings. The van der Waals surface area contributed by atoms with Gasteiger partial charge in [-0.2, -0.15) is 0 Å². The first kappa shape index (κ1) is 20.6. The van der Waals surface area contributed by atoms with Gasteiger partial charge in [0.2, 0.25) is 5.88 Å². The van der Waals surface area contributed by atoms with E-state index >= 15 is 4.39 Å². The summed E-state index contributed by atoms with van der Waals surface area (Å²) in [5, 5.41) is 10.5. The van der Waals surface area contributed by atoms with Gasteiger partial charge in [-0.05, 0) is 43.5 Å². The van der Waals surface area contributed by atoms with Crippen molar-refractivity contribution in [3.8, 4) is 22.9 Å². The molecule has 34 heavy (non-hydrogen) atoms. The largest absolute Gasteiger partial charge is 0.439 e. The zero-order chi connectivity index (χ0) is 23.4. The molecule has 0 radical (unpaired) electrons. The van der Waals surface area contributed by atoms with Crippen molar-refractivity contribution in [1.82, 2.24) is 19.4 Å². The summed E-state index contributed by atoms with van der Waals surface area (Å²) in [6.45, 7) is 1.90. The van der Waals surface area contributed by atoms with Crippen molar-refractivity contribution in [3.63, 3.8) is 0 Å². The molecule has 1 aliphatic rings. The highest BCUT2D eigenvalue weighted by Gasteiger charge is 2.33. The minimum Gasteiger partial charge on any atom is -0.439 e. The Balaban J connectivity index is 1.52. The Morgan fingerprint density at radius 3 is 2.68 bits per heavy atom. The Hall–Kier alpha value is -4.04. The highest BCUT2D eigenvalue weighted by Crippen LogP contribution is 2.41. The smallest absolute Gasteiger partial charge is 0.220 e. The van der Waals surface area contributed by atoms with Gasteiger partial charge in [-0.15, -0.1) is 0 Å². The van der Waals surface area contributed by atoms with Crippen molar-refractivity contribution in [2.24, 2.45) is 0 Å². The average Bonchev–Trinajstić information content (AvgIpc) is 3.19. The number of halogens is 1. The predicted molar refractivity (Wildman–Crippen MR) is 127 cm³/mol. The number of ether oxygens (including phenoxy) is 1. The first-order valence-electron chi connectivity index (χ1n) is 11.1. The van der Waals surface area contributed by atoms with Crippen molar-refractivity contribution >= 4 is 22.2 Å². The van der Waals surface area contributed by atoms with Crippen molar-refractivity contribution in [2.75, 3.05) is 5.73 Å². The number of anilines is 1. The highest BCUT2D eigenvalue weighted by atomic mass is 19.1. The molecule has 6 rings (SSSR count). The zero-order valence-corrected chi connectivity index (χ0v) is 18.4. The summed E-state index contributed by atoms with van der Waals surface area (Å²) in [5.41, 5.74) is 8.51. The van der Waals surface area contributed by atoms with Crippen LogP contribution in [0.3, 0.4) is 0 Å². The number of aryl methyl sites for hydroxylation is 1. The van der Waals surface area contributed by atoms with Crippen LogP contribution in [0.4, 0.5) is 10.2 Å². The summed E-state index contributed by atoms with van der Waals surface area (Å²) in [5.74, 6) is 1.52. The molecule has 0 unspecified atom stereocenters. The molecule has 1 saturated carbocycles. The number of pyridine rings is 1. The molecule has 0 saturated heterocycles. The van der Waals surface area contributed by atoms with Crippen molar-refractivity contribution < 1.29 is 14.2 Å². The molecule has 8 heteroatoms. The Kier molecular flexibility index (Phi) is 4.70. The molecule has 7 nitrogen and oxygen atoms in total. The van der Waals surface area contributed by atoms with Crippen LogP contribution in [-0.2, 0) is 0 Å². The quantitative estimate of drug-likeness (QED) is 0.396. The maximum Gasteiger partial charge on any atom is 0.220 e. The number of hydrogen-bond acceptors (Lipinski definition) is 6. The van der Waals surface area contributed by atoms with Crippen LogP contribution in [0.1, 0.15) is 30.1 Å². The lowest BCUT2D eigenvalue weighted by atomic mass is 9.82. The normalized spacial score (nSPS) is 17.7. The number of hydrogen-bond donors (Lipinski definition) is 2. The minimum absolute atomic E-state index is 0.0767. The van der Waals surface area contributed by atoms with E-state index in [-0.39, 0.29) is 23.4 Å². The van der Waals surface area contributed by atoms with E-state index in [9.17, 15) is 5.11 Å². The molecule has 0 spiro atoms. The Morgan fingerprint density at radius 1 is 1.12 bits per heavy atom. The Morgan fingerprint density at radius 2 is 1.91 bits per heavy atom. The third-order valence-corrected chi connectivity index (χ3v) is 6.41. The van der Waals surface area contributed by atoms with Crippen LogP contribution in [0.25, 0.3) is 27.7 Å². The van der Waals surface area contributed by atoms with Gasteiger partial charge in [0, 0.05) is 35.3 Å². The third kappa shape index (κ3) is 3.26. The Labute approximate surface area is 194 Å². The van der Waals surface area contributed by atoms with Gasteiger partial charge in [0.25, 0.3) is 0 Å². The van der Waals surface area contributed by atoms with Crippen LogP contribution in [0, 0.1) is 12.7 Å². The molecular formula is C26H22FN5O2. The summed E-state index contributed by atoms with van der Waals surface area (Å²) < 4.78 is 23.7. The molecule has 0 aliphatic heterocycles. The van der Waals surface area contributed by atoms with Gasteiger partial charge in [0.15, 0.2) is 5.82 Å². The van der Waals surface area contributed by atoms with Crippen LogP contribution in [0.2, 0.25) is 0 Å². The fourth-order valence-corrected chi connectivity index (χ4v) is 4.60. The third-order valence-electron chi connectivity index (χ3n) is 6.41. The summed E-state index contributed by atoms with van der Waals surface area (Å²) in [4.78, 5) is 13.5. The SMILES string of the molecule is Cc1cc(Oc2ccccc2)nc2c(F)c(-c3nc(C4CC(O)C4)n4ccnc(N)c34)ccc12. The molecule has 0 amide bonds. The number of aromatic nitrogens is 4. The van der Waals surface area contributed by atoms with E-state index in [1.165, 1.54) is 0 Å². The lowest BCUT2D eigenvalue weighted by Crippen LogP contribution is -2.27.